The fourth-order valence-electron chi connectivity index (χ4n) is 2.93. The van der Waals surface area contributed by atoms with Crippen LogP contribution in [-0.2, 0) is 6.54 Å². The van der Waals surface area contributed by atoms with Gasteiger partial charge in [0.25, 0.3) is 0 Å². The molecule has 0 aliphatic carbocycles. The van der Waals surface area contributed by atoms with Crippen LogP contribution in [0.3, 0.4) is 0 Å². The lowest BCUT2D eigenvalue weighted by Crippen LogP contribution is -2.44. The van der Waals surface area contributed by atoms with Crippen molar-refractivity contribution in [2.75, 3.05) is 26.7 Å². The molecule has 4 heteroatoms. The van der Waals surface area contributed by atoms with Crippen molar-refractivity contribution >= 4 is 0 Å². The van der Waals surface area contributed by atoms with E-state index >= 15 is 0 Å². The van der Waals surface area contributed by atoms with E-state index in [2.05, 4.69) is 34.8 Å². The SMILES string of the molecule is CC1CCN(C)CC(CCN)N1Cc1cccnc1. The minimum absolute atomic E-state index is 0.549. The van der Waals surface area contributed by atoms with Gasteiger partial charge >= 0.3 is 0 Å². The number of likely N-dealkylation sites (N-methyl/N-ethyl adjacent to an activating group) is 1. The van der Waals surface area contributed by atoms with Gasteiger partial charge < -0.3 is 10.6 Å². The molecule has 4 nitrogen and oxygen atoms in total. The van der Waals surface area contributed by atoms with Crippen LogP contribution in [0.25, 0.3) is 0 Å². The third-order valence-electron chi connectivity index (χ3n) is 4.07. The van der Waals surface area contributed by atoms with Crippen molar-refractivity contribution in [1.82, 2.24) is 14.8 Å². The van der Waals surface area contributed by atoms with E-state index in [-0.39, 0.29) is 0 Å². The second kappa shape index (κ2) is 6.98. The summed E-state index contributed by atoms with van der Waals surface area (Å²) in [6.07, 6.45) is 6.09. The predicted molar refractivity (Wildman–Crippen MR) is 78.8 cm³/mol. The predicted octanol–water partition coefficient (Wildman–Crippen LogP) is 1.33. The number of pyridine rings is 1. The maximum Gasteiger partial charge on any atom is 0.0312 e. The van der Waals surface area contributed by atoms with Crippen LogP contribution in [-0.4, -0.2) is 53.5 Å². The van der Waals surface area contributed by atoms with Gasteiger partial charge in [-0.25, -0.2) is 0 Å². The highest BCUT2D eigenvalue weighted by molar-refractivity contribution is 5.09. The summed E-state index contributed by atoms with van der Waals surface area (Å²) >= 11 is 0. The van der Waals surface area contributed by atoms with Gasteiger partial charge in [-0.3, -0.25) is 9.88 Å². The number of nitrogens with zero attached hydrogens (tertiary/aromatic N) is 3. The fraction of sp³-hybridized carbons (Fsp3) is 0.667. The van der Waals surface area contributed by atoms with Crippen LogP contribution in [0.2, 0.25) is 0 Å². The Labute approximate surface area is 116 Å². The van der Waals surface area contributed by atoms with Crippen molar-refractivity contribution in [3.63, 3.8) is 0 Å². The molecule has 0 amide bonds. The second-order valence-corrected chi connectivity index (χ2v) is 5.66. The topological polar surface area (TPSA) is 45.4 Å². The number of nitrogens with two attached hydrogens (primary N) is 1. The monoisotopic (exact) mass is 262 g/mol. The van der Waals surface area contributed by atoms with Gasteiger partial charge in [0.2, 0.25) is 0 Å². The number of hydrogen-bond donors (Lipinski definition) is 1. The van der Waals surface area contributed by atoms with Crippen LogP contribution in [0, 0.1) is 0 Å². The van der Waals surface area contributed by atoms with Gasteiger partial charge in [-0.2, -0.15) is 0 Å². The van der Waals surface area contributed by atoms with Gasteiger partial charge in [0.05, 0.1) is 0 Å². The van der Waals surface area contributed by atoms with E-state index in [1.807, 2.05) is 18.5 Å². The van der Waals surface area contributed by atoms with E-state index in [0.717, 1.165) is 26.1 Å². The number of hydrogen-bond acceptors (Lipinski definition) is 4. The standard InChI is InChI=1S/C15H26N4/c1-13-6-9-18(2)12-15(5-7-16)19(13)11-14-4-3-8-17-10-14/h3-4,8,10,13,15H,5-7,9,11-12,16H2,1-2H3. The average molecular weight is 262 g/mol. The largest absolute Gasteiger partial charge is 0.330 e. The molecule has 1 aromatic heterocycles. The minimum atomic E-state index is 0.549. The molecule has 2 heterocycles. The van der Waals surface area contributed by atoms with Crippen molar-refractivity contribution < 1.29 is 0 Å². The Morgan fingerprint density at radius 2 is 2.32 bits per heavy atom. The lowest BCUT2D eigenvalue weighted by Gasteiger charge is -2.34. The summed E-state index contributed by atoms with van der Waals surface area (Å²) in [5.74, 6) is 0. The summed E-state index contributed by atoms with van der Waals surface area (Å²) in [5.41, 5.74) is 7.09. The van der Waals surface area contributed by atoms with Gasteiger partial charge in [0, 0.05) is 37.6 Å². The molecule has 1 saturated heterocycles. The highest BCUT2D eigenvalue weighted by atomic mass is 15.2. The average Bonchev–Trinajstić information content (AvgIpc) is 2.54. The smallest absolute Gasteiger partial charge is 0.0312 e. The van der Waals surface area contributed by atoms with Crippen LogP contribution < -0.4 is 5.73 Å². The molecule has 106 valence electrons. The third-order valence-corrected chi connectivity index (χ3v) is 4.07. The van der Waals surface area contributed by atoms with Crippen LogP contribution in [0.4, 0.5) is 0 Å². The summed E-state index contributed by atoms with van der Waals surface area (Å²) < 4.78 is 0. The first-order chi connectivity index (χ1) is 9.20. The Kier molecular flexibility index (Phi) is 5.31. The molecular weight excluding hydrogens is 236 g/mol. The van der Waals surface area contributed by atoms with Crippen molar-refractivity contribution in [3.8, 4) is 0 Å². The quantitative estimate of drug-likeness (QED) is 0.889. The minimum Gasteiger partial charge on any atom is -0.330 e. The Bertz CT molecular complexity index is 368. The van der Waals surface area contributed by atoms with Crippen LogP contribution in [0.5, 0.6) is 0 Å². The van der Waals surface area contributed by atoms with Crippen molar-refractivity contribution in [2.24, 2.45) is 5.73 Å². The molecular formula is C15H26N4. The van der Waals surface area contributed by atoms with Crippen LogP contribution in [0.1, 0.15) is 25.3 Å². The summed E-state index contributed by atoms with van der Waals surface area (Å²) in [4.78, 5) is 9.26. The molecule has 0 saturated carbocycles. The Morgan fingerprint density at radius 3 is 3.00 bits per heavy atom. The Morgan fingerprint density at radius 1 is 1.47 bits per heavy atom. The number of aromatic nitrogens is 1. The van der Waals surface area contributed by atoms with Gasteiger partial charge in [0.15, 0.2) is 0 Å². The molecule has 0 spiro atoms. The zero-order valence-corrected chi connectivity index (χ0v) is 12.1. The highest BCUT2D eigenvalue weighted by Gasteiger charge is 2.27. The fourth-order valence-corrected chi connectivity index (χ4v) is 2.93. The van der Waals surface area contributed by atoms with Crippen molar-refractivity contribution in [1.29, 1.82) is 0 Å². The molecule has 2 atom stereocenters. The van der Waals surface area contributed by atoms with Gasteiger partial charge in [-0.1, -0.05) is 6.07 Å². The molecule has 1 aliphatic heterocycles. The van der Waals surface area contributed by atoms with E-state index in [4.69, 9.17) is 5.73 Å². The first kappa shape index (κ1) is 14.4. The van der Waals surface area contributed by atoms with E-state index in [1.54, 1.807) is 0 Å². The van der Waals surface area contributed by atoms with E-state index < -0.39 is 0 Å². The van der Waals surface area contributed by atoms with Crippen LogP contribution in [0.15, 0.2) is 24.5 Å². The molecule has 0 aromatic carbocycles. The molecule has 2 N–H and O–H groups in total. The van der Waals surface area contributed by atoms with Crippen molar-refractivity contribution in [3.05, 3.63) is 30.1 Å². The van der Waals surface area contributed by atoms with E-state index in [1.165, 1.54) is 18.5 Å². The Hall–Kier alpha value is -0.970. The molecule has 19 heavy (non-hydrogen) atoms. The first-order valence-corrected chi connectivity index (χ1v) is 7.24. The normalized spacial score (nSPS) is 26.3. The third kappa shape index (κ3) is 4.00. The number of rotatable bonds is 4. The Balaban J connectivity index is 2.11. The molecule has 1 aliphatic rings. The van der Waals surface area contributed by atoms with Gasteiger partial charge in [0.1, 0.15) is 0 Å². The second-order valence-electron chi connectivity index (χ2n) is 5.66. The highest BCUT2D eigenvalue weighted by Crippen LogP contribution is 2.20. The summed E-state index contributed by atoms with van der Waals surface area (Å²) in [7, 11) is 2.21. The van der Waals surface area contributed by atoms with Gasteiger partial charge in [-0.15, -0.1) is 0 Å². The molecule has 1 fully saturated rings. The zero-order valence-electron chi connectivity index (χ0n) is 12.1. The lowest BCUT2D eigenvalue weighted by molar-refractivity contribution is 0.129. The van der Waals surface area contributed by atoms with Crippen LogP contribution >= 0.6 is 0 Å². The summed E-state index contributed by atoms with van der Waals surface area (Å²) in [6.45, 7) is 6.36. The van der Waals surface area contributed by atoms with Crippen molar-refractivity contribution in [2.45, 2.75) is 38.4 Å². The van der Waals surface area contributed by atoms with E-state index in [0.29, 0.717) is 12.1 Å². The molecule has 2 unspecified atom stereocenters. The first-order valence-electron chi connectivity index (χ1n) is 7.24. The molecule has 0 bridgehead atoms. The van der Waals surface area contributed by atoms with Gasteiger partial charge in [-0.05, 0) is 51.5 Å². The molecule has 2 rings (SSSR count). The lowest BCUT2D eigenvalue weighted by atomic mass is 10.1. The maximum absolute atomic E-state index is 5.80. The maximum atomic E-state index is 5.80. The molecule has 1 aromatic rings. The van der Waals surface area contributed by atoms with E-state index in [9.17, 15) is 0 Å². The summed E-state index contributed by atoms with van der Waals surface area (Å²) in [6, 6.07) is 5.32. The molecule has 0 radical (unpaired) electrons. The zero-order chi connectivity index (χ0) is 13.7. The summed E-state index contributed by atoms with van der Waals surface area (Å²) in [5, 5.41) is 0.